The lowest BCUT2D eigenvalue weighted by Gasteiger charge is -2.09. The van der Waals surface area contributed by atoms with Crippen molar-refractivity contribution in [2.24, 2.45) is 0 Å². The molecule has 0 amide bonds. The number of ether oxygens (including phenoxy) is 2. The van der Waals surface area contributed by atoms with E-state index >= 15 is 0 Å². The molecule has 3 aromatic carbocycles. The number of ketones is 1. The molecule has 0 radical (unpaired) electrons. The number of nitrogens with zero attached hydrogens (tertiary/aromatic N) is 1. The Morgan fingerprint density at radius 2 is 1.76 bits per heavy atom. The average molecular weight is 479 g/mol. The van der Waals surface area contributed by atoms with Crippen molar-refractivity contribution >= 4 is 39.9 Å². The average Bonchev–Trinajstić information content (AvgIpc) is 3.26. The number of nitrogens with one attached hydrogen (secondary N) is 1. The first kappa shape index (κ1) is 23.0. The maximum absolute atomic E-state index is 12.4. The minimum absolute atomic E-state index is 0.0858. The number of fused-ring (bicyclic) bond motifs is 1. The first-order valence-electron chi connectivity index (χ1n) is 10.4. The van der Waals surface area contributed by atoms with Crippen LogP contribution in [0.3, 0.4) is 0 Å². The van der Waals surface area contributed by atoms with Crippen LogP contribution < -0.4 is 4.74 Å². The summed E-state index contributed by atoms with van der Waals surface area (Å²) in [4.78, 5) is 38.3. The molecule has 1 heterocycles. The van der Waals surface area contributed by atoms with Gasteiger partial charge >= 0.3 is 11.7 Å². The Morgan fingerprint density at radius 3 is 2.53 bits per heavy atom. The summed E-state index contributed by atoms with van der Waals surface area (Å²) in [6.07, 6.45) is 2.51. The highest BCUT2D eigenvalue weighted by Crippen LogP contribution is 2.37. The normalized spacial score (nSPS) is 10.7. The van der Waals surface area contributed by atoms with Crippen molar-refractivity contribution in [3.8, 4) is 11.5 Å². The van der Waals surface area contributed by atoms with Crippen molar-refractivity contribution in [2.45, 2.75) is 12.8 Å². The molecule has 0 aliphatic carbocycles. The molecular formula is C25H19ClN2O6. The van der Waals surface area contributed by atoms with E-state index in [0.29, 0.717) is 12.0 Å². The highest BCUT2D eigenvalue weighted by molar-refractivity contribution is 6.32. The molecular weight excluding hydrogens is 460 g/mol. The molecule has 4 rings (SSSR count). The third kappa shape index (κ3) is 5.24. The van der Waals surface area contributed by atoms with Crippen molar-refractivity contribution in [1.29, 1.82) is 0 Å². The summed E-state index contributed by atoms with van der Waals surface area (Å²) < 4.78 is 10.7. The lowest BCUT2D eigenvalue weighted by atomic mass is 10.1. The minimum atomic E-state index is -0.591. The van der Waals surface area contributed by atoms with E-state index in [4.69, 9.17) is 21.1 Å². The number of carbonyl (C=O) groups excluding carboxylic acids is 2. The number of aryl methyl sites for hydroxylation is 1. The molecule has 0 aliphatic rings. The Bertz CT molecular complexity index is 1360. The van der Waals surface area contributed by atoms with Gasteiger partial charge in [-0.25, -0.2) is 0 Å². The van der Waals surface area contributed by atoms with Crippen LogP contribution in [0, 0.1) is 10.1 Å². The fourth-order valence-electron chi connectivity index (χ4n) is 3.45. The zero-order valence-electron chi connectivity index (χ0n) is 17.8. The number of rotatable bonds is 9. The first-order chi connectivity index (χ1) is 16.4. The zero-order valence-corrected chi connectivity index (χ0v) is 18.6. The fourth-order valence-corrected chi connectivity index (χ4v) is 3.65. The summed E-state index contributed by atoms with van der Waals surface area (Å²) in [6, 6.07) is 18.0. The third-order valence-corrected chi connectivity index (χ3v) is 5.47. The van der Waals surface area contributed by atoms with Gasteiger partial charge in [-0.05, 0) is 48.4 Å². The molecule has 0 atom stereocenters. The number of aromatic nitrogens is 1. The molecule has 4 aromatic rings. The van der Waals surface area contributed by atoms with Gasteiger partial charge in [0.1, 0.15) is 5.75 Å². The lowest BCUT2D eigenvalue weighted by Crippen LogP contribution is -2.14. The summed E-state index contributed by atoms with van der Waals surface area (Å²) in [5.74, 6) is -0.666. The molecule has 0 unspecified atom stereocenters. The number of hydrogen-bond donors (Lipinski definition) is 1. The fraction of sp³-hybridized carbons (Fsp3) is 0.120. The van der Waals surface area contributed by atoms with Gasteiger partial charge in [0, 0.05) is 35.2 Å². The van der Waals surface area contributed by atoms with E-state index in [1.165, 1.54) is 42.5 Å². The van der Waals surface area contributed by atoms with Crippen LogP contribution in [-0.4, -0.2) is 28.3 Å². The molecule has 9 heteroatoms. The summed E-state index contributed by atoms with van der Waals surface area (Å²) in [7, 11) is 0. The van der Waals surface area contributed by atoms with Crippen LogP contribution in [0.25, 0.3) is 10.9 Å². The van der Waals surface area contributed by atoms with E-state index in [-0.39, 0.29) is 41.0 Å². The van der Waals surface area contributed by atoms with Crippen LogP contribution in [-0.2, 0) is 16.0 Å². The van der Waals surface area contributed by atoms with Crippen LogP contribution in [0.4, 0.5) is 5.69 Å². The molecule has 0 spiro atoms. The highest BCUT2D eigenvalue weighted by Gasteiger charge is 2.19. The van der Waals surface area contributed by atoms with Crippen molar-refractivity contribution in [3.05, 3.63) is 99.2 Å². The highest BCUT2D eigenvalue weighted by atomic mass is 35.5. The number of Topliss-reactive ketones (excluding diaryl/α,β-unsaturated/α-hetero) is 1. The molecule has 0 aliphatic heterocycles. The molecule has 172 valence electrons. The summed E-state index contributed by atoms with van der Waals surface area (Å²) in [6.45, 7) is -0.386. The van der Waals surface area contributed by atoms with Crippen molar-refractivity contribution in [2.75, 3.05) is 6.61 Å². The number of hydrogen-bond acceptors (Lipinski definition) is 6. The smallest absolute Gasteiger partial charge is 0.313 e. The first-order valence-corrected chi connectivity index (χ1v) is 10.7. The topological polar surface area (TPSA) is 112 Å². The van der Waals surface area contributed by atoms with Crippen LogP contribution in [0.1, 0.15) is 22.3 Å². The van der Waals surface area contributed by atoms with E-state index in [1.54, 1.807) is 0 Å². The molecule has 1 aromatic heterocycles. The summed E-state index contributed by atoms with van der Waals surface area (Å²) in [5, 5.41) is 12.3. The second-order valence-corrected chi connectivity index (χ2v) is 7.82. The number of halogens is 1. The number of H-pyrrole nitrogens is 1. The van der Waals surface area contributed by atoms with Gasteiger partial charge in [-0.1, -0.05) is 35.9 Å². The summed E-state index contributed by atoms with van der Waals surface area (Å²) in [5.41, 5.74) is 2.04. The quantitative estimate of drug-likeness (QED) is 0.139. The SMILES string of the molecule is O=C(CCc1c[nH]c2ccccc12)OCC(=O)c1ccc(Oc2c(Cl)cccc2[N+](=O)[O-])cc1. The van der Waals surface area contributed by atoms with Crippen molar-refractivity contribution in [3.63, 3.8) is 0 Å². The molecule has 0 saturated carbocycles. The predicted octanol–water partition coefficient (Wildman–Crippen LogP) is 5.88. The lowest BCUT2D eigenvalue weighted by molar-refractivity contribution is -0.385. The maximum atomic E-state index is 12.4. The number of benzene rings is 3. The van der Waals surface area contributed by atoms with Crippen LogP contribution >= 0.6 is 11.6 Å². The van der Waals surface area contributed by atoms with Gasteiger partial charge in [-0.15, -0.1) is 0 Å². The van der Waals surface area contributed by atoms with E-state index in [9.17, 15) is 19.7 Å². The monoisotopic (exact) mass is 478 g/mol. The van der Waals surface area contributed by atoms with E-state index in [2.05, 4.69) is 4.98 Å². The van der Waals surface area contributed by atoms with Gasteiger partial charge in [0.25, 0.3) is 0 Å². The van der Waals surface area contributed by atoms with Crippen LogP contribution in [0.2, 0.25) is 5.02 Å². The standard InChI is InChI=1S/C25H19ClN2O6/c26-20-5-3-7-22(28(31)32)25(20)34-18-11-8-16(9-12-18)23(29)15-33-24(30)13-10-17-14-27-21-6-2-1-4-19(17)21/h1-9,11-12,14,27H,10,13,15H2. The Kier molecular flexibility index (Phi) is 6.89. The van der Waals surface area contributed by atoms with E-state index < -0.39 is 10.9 Å². The maximum Gasteiger partial charge on any atom is 0.313 e. The molecule has 0 saturated heterocycles. The number of para-hydroxylation sites is 2. The Morgan fingerprint density at radius 1 is 1.00 bits per heavy atom. The van der Waals surface area contributed by atoms with Gasteiger partial charge in [0.05, 0.1) is 9.95 Å². The number of aromatic amines is 1. The molecule has 0 bridgehead atoms. The Hall–Kier alpha value is -4.17. The number of nitro benzene ring substituents is 1. The van der Waals surface area contributed by atoms with Crippen LogP contribution in [0.15, 0.2) is 72.9 Å². The third-order valence-electron chi connectivity index (χ3n) is 5.18. The second-order valence-electron chi connectivity index (χ2n) is 7.41. The van der Waals surface area contributed by atoms with Gasteiger partial charge in [-0.2, -0.15) is 0 Å². The minimum Gasteiger partial charge on any atom is -0.457 e. The number of esters is 1. The van der Waals surface area contributed by atoms with Gasteiger partial charge in [0.2, 0.25) is 5.75 Å². The largest absolute Gasteiger partial charge is 0.457 e. The second kappa shape index (κ2) is 10.2. The Labute approximate surface area is 199 Å². The number of carbonyl (C=O) groups is 2. The molecule has 8 nitrogen and oxygen atoms in total. The van der Waals surface area contributed by atoms with E-state index in [0.717, 1.165) is 16.5 Å². The Balaban J connectivity index is 1.31. The molecule has 0 fully saturated rings. The van der Waals surface area contributed by atoms with Gasteiger partial charge in [0.15, 0.2) is 12.4 Å². The van der Waals surface area contributed by atoms with Gasteiger partial charge < -0.3 is 14.5 Å². The predicted molar refractivity (Wildman–Crippen MR) is 127 cm³/mol. The van der Waals surface area contributed by atoms with Crippen molar-refractivity contribution in [1.82, 2.24) is 4.98 Å². The summed E-state index contributed by atoms with van der Waals surface area (Å²) >= 11 is 6.03. The zero-order chi connectivity index (χ0) is 24.1. The van der Waals surface area contributed by atoms with Crippen LogP contribution in [0.5, 0.6) is 11.5 Å². The number of nitro groups is 1. The molecule has 1 N–H and O–H groups in total. The van der Waals surface area contributed by atoms with Gasteiger partial charge in [-0.3, -0.25) is 19.7 Å². The molecule has 34 heavy (non-hydrogen) atoms. The van der Waals surface area contributed by atoms with Crippen molar-refractivity contribution < 1.29 is 24.0 Å². The van der Waals surface area contributed by atoms with E-state index in [1.807, 2.05) is 30.5 Å².